The highest BCUT2D eigenvalue weighted by Crippen LogP contribution is 2.30. The third-order valence-electron chi connectivity index (χ3n) is 2.64. The van der Waals surface area contributed by atoms with E-state index in [-0.39, 0.29) is 5.54 Å². The minimum atomic E-state index is -0.0727. The monoisotopic (exact) mass is 449 g/mol. The summed E-state index contributed by atoms with van der Waals surface area (Å²) in [4.78, 5) is 0. The summed E-state index contributed by atoms with van der Waals surface area (Å²) in [5.41, 5.74) is 0.965. The fraction of sp³-hybridized carbons (Fsp3) is 0.385. The van der Waals surface area contributed by atoms with Crippen LogP contribution >= 0.6 is 47.8 Å². The lowest BCUT2D eigenvalue weighted by atomic mass is 10.1. The summed E-state index contributed by atoms with van der Waals surface area (Å²) < 4.78 is 4.19. The number of nitrogens with zero attached hydrogens (tertiary/aromatic N) is 3. The maximum atomic E-state index is 4.35. The topological polar surface area (TPSA) is 30.7 Å². The Labute approximate surface area is 138 Å². The van der Waals surface area contributed by atoms with E-state index in [0.29, 0.717) is 5.33 Å². The van der Waals surface area contributed by atoms with Crippen LogP contribution in [-0.4, -0.2) is 14.8 Å². The van der Waals surface area contributed by atoms with Crippen LogP contribution in [0.2, 0.25) is 0 Å². The lowest BCUT2D eigenvalue weighted by molar-refractivity contribution is 0.391. The van der Waals surface area contributed by atoms with Gasteiger partial charge in [0.2, 0.25) is 0 Å². The van der Waals surface area contributed by atoms with Crippen LogP contribution in [0.1, 0.15) is 26.6 Å². The zero-order valence-corrected chi connectivity index (χ0v) is 15.7. The first-order chi connectivity index (χ1) is 8.82. The molecule has 0 amide bonds. The molecule has 1 aromatic carbocycles. The fourth-order valence-corrected chi connectivity index (χ4v) is 3.63. The molecule has 0 aliphatic rings. The van der Waals surface area contributed by atoms with E-state index >= 15 is 0 Å². The molecule has 2 rings (SSSR count). The van der Waals surface area contributed by atoms with E-state index in [9.17, 15) is 0 Å². The van der Waals surface area contributed by atoms with Crippen LogP contribution in [0.3, 0.4) is 0 Å². The highest BCUT2D eigenvalue weighted by Gasteiger charge is 2.23. The number of hydrogen-bond acceptors (Lipinski definition) is 2. The van der Waals surface area contributed by atoms with Crippen molar-refractivity contribution in [2.45, 2.75) is 31.6 Å². The Bertz CT molecular complexity index is 579. The zero-order valence-electron chi connectivity index (χ0n) is 10.9. The van der Waals surface area contributed by atoms with Crippen LogP contribution in [0.5, 0.6) is 0 Å². The standard InChI is InChI=1S/C13H14Br3N3/c1-13(2,3)19-11(7-14)17-18-12(19)8-4-9(15)6-10(16)5-8/h4-6H,7H2,1-3H3. The summed E-state index contributed by atoms with van der Waals surface area (Å²) in [6, 6.07) is 6.11. The SMILES string of the molecule is CC(C)(C)n1c(CBr)nnc1-c1cc(Br)cc(Br)c1. The molecule has 1 heterocycles. The summed E-state index contributed by atoms with van der Waals surface area (Å²) in [5, 5.41) is 9.31. The van der Waals surface area contributed by atoms with Crippen molar-refractivity contribution >= 4 is 47.8 Å². The Morgan fingerprint density at radius 1 is 1.05 bits per heavy atom. The second-order valence-electron chi connectivity index (χ2n) is 5.24. The maximum Gasteiger partial charge on any atom is 0.164 e. The molecule has 0 saturated heterocycles. The molecule has 0 fully saturated rings. The van der Waals surface area contributed by atoms with Crippen molar-refractivity contribution in [1.29, 1.82) is 0 Å². The third kappa shape index (κ3) is 3.28. The van der Waals surface area contributed by atoms with E-state index in [4.69, 9.17) is 0 Å². The quantitative estimate of drug-likeness (QED) is 0.593. The Kier molecular flexibility index (Phi) is 4.52. The Morgan fingerprint density at radius 2 is 1.63 bits per heavy atom. The fourth-order valence-electron chi connectivity index (χ4n) is 1.98. The molecule has 0 spiro atoms. The van der Waals surface area contributed by atoms with Crippen LogP contribution in [0, 0.1) is 0 Å². The van der Waals surface area contributed by atoms with Gasteiger partial charge in [-0.05, 0) is 39.0 Å². The van der Waals surface area contributed by atoms with Crippen LogP contribution in [0.25, 0.3) is 11.4 Å². The Morgan fingerprint density at radius 3 is 2.11 bits per heavy atom. The van der Waals surface area contributed by atoms with Crippen LogP contribution in [-0.2, 0) is 10.9 Å². The largest absolute Gasteiger partial charge is 0.305 e. The molecule has 2 aromatic rings. The molecule has 0 radical (unpaired) electrons. The van der Waals surface area contributed by atoms with E-state index in [1.54, 1.807) is 0 Å². The van der Waals surface area contributed by atoms with Crippen LogP contribution in [0.4, 0.5) is 0 Å². The van der Waals surface area contributed by atoms with E-state index < -0.39 is 0 Å². The maximum absolute atomic E-state index is 4.35. The van der Waals surface area contributed by atoms with Gasteiger partial charge >= 0.3 is 0 Å². The van der Waals surface area contributed by atoms with E-state index in [2.05, 4.69) is 95.5 Å². The number of benzene rings is 1. The van der Waals surface area contributed by atoms with Gasteiger partial charge in [0, 0.05) is 20.0 Å². The van der Waals surface area contributed by atoms with Gasteiger partial charge in [0.25, 0.3) is 0 Å². The van der Waals surface area contributed by atoms with E-state index in [0.717, 1.165) is 26.2 Å². The number of halogens is 3. The molecule has 0 aliphatic carbocycles. The molecule has 0 atom stereocenters. The first-order valence-corrected chi connectivity index (χ1v) is 8.51. The van der Waals surface area contributed by atoms with E-state index in [1.807, 2.05) is 6.07 Å². The van der Waals surface area contributed by atoms with Crippen molar-refractivity contribution in [1.82, 2.24) is 14.8 Å². The molecule has 0 unspecified atom stereocenters. The smallest absolute Gasteiger partial charge is 0.164 e. The predicted octanol–water partition coefficient (Wildman–Crippen LogP) is 5.12. The zero-order chi connectivity index (χ0) is 14.2. The lowest BCUT2D eigenvalue weighted by Crippen LogP contribution is -2.24. The Balaban J connectivity index is 2.66. The normalized spacial score (nSPS) is 11.9. The van der Waals surface area contributed by atoms with E-state index in [1.165, 1.54) is 0 Å². The first-order valence-electron chi connectivity index (χ1n) is 5.80. The Hall–Kier alpha value is -0.200. The molecule has 0 bridgehead atoms. The summed E-state index contributed by atoms with van der Waals surface area (Å²) in [6.07, 6.45) is 0. The summed E-state index contributed by atoms with van der Waals surface area (Å²) in [5.74, 6) is 1.81. The molecular weight excluding hydrogens is 438 g/mol. The van der Waals surface area contributed by atoms with Crippen molar-refractivity contribution in [3.05, 3.63) is 33.0 Å². The van der Waals surface area contributed by atoms with Crippen LogP contribution in [0.15, 0.2) is 27.1 Å². The predicted molar refractivity (Wildman–Crippen MR) is 88.5 cm³/mol. The van der Waals surface area contributed by atoms with Crippen LogP contribution < -0.4 is 0 Å². The molecule has 6 heteroatoms. The minimum Gasteiger partial charge on any atom is -0.305 e. The van der Waals surface area contributed by atoms with Crippen molar-refractivity contribution in [2.75, 3.05) is 0 Å². The molecule has 102 valence electrons. The molecule has 0 aliphatic heterocycles. The molecule has 0 saturated carbocycles. The van der Waals surface area contributed by atoms with Crippen molar-refractivity contribution < 1.29 is 0 Å². The summed E-state index contributed by atoms with van der Waals surface area (Å²) >= 11 is 10.5. The number of aromatic nitrogens is 3. The average molecular weight is 452 g/mol. The second-order valence-corrected chi connectivity index (χ2v) is 7.63. The number of alkyl halides is 1. The molecular formula is C13H14Br3N3. The van der Waals surface area contributed by atoms with Crippen molar-refractivity contribution in [3.8, 4) is 11.4 Å². The molecule has 3 nitrogen and oxygen atoms in total. The first kappa shape index (κ1) is 15.2. The van der Waals surface area contributed by atoms with Crippen molar-refractivity contribution in [2.24, 2.45) is 0 Å². The van der Waals surface area contributed by atoms with Gasteiger partial charge in [-0.3, -0.25) is 0 Å². The molecule has 0 N–H and O–H groups in total. The molecule has 19 heavy (non-hydrogen) atoms. The summed E-state index contributed by atoms with van der Waals surface area (Å²) in [7, 11) is 0. The van der Waals surface area contributed by atoms with Gasteiger partial charge in [0.05, 0.1) is 5.33 Å². The second kappa shape index (κ2) is 5.66. The van der Waals surface area contributed by atoms with Gasteiger partial charge in [-0.2, -0.15) is 0 Å². The van der Waals surface area contributed by atoms with Gasteiger partial charge < -0.3 is 4.57 Å². The van der Waals surface area contributed by atoms with Gasteiger partial charge in [-0.15, -0.1) is 10.2 Å². The highest BCUT2D eigenvalue weighted by atomic mass is 79.9. The lowest BCUT2D eigenvalue weighted by Gasteiger charge is -2.24. The highest BCUT2D eigenvalue weighted by molar-refractivity contribution is 9.11. The van der Waals surface area contributed by atoms with Gasteiger partial charge in [-0.1, -0.05) is 47.8 Å². The minimum absolute atomic E-state index is 0.0727. The van der Waals surface area contributed by atoms with Gasteiger partial charge in [0.15, 0.2) is 5.82 Å². The average Bonchev–Trinajstić information content (AvgIpc) is 2.70. The van der Waals surface area contributed by atoms with Gasteiger partial charge in [-0.25, -0.2) is 0 Å². The summed E-state index contributed by atoms with van der Waals surface area (Å²) in [6.45, 7) is 6.46. The number of hydrogen-bond donors (Lipinski definition) is 0. The van der Waals surface area contributed by atoms with Crippen molar-refractivity contribution in [3.63, 3.8) is 0 Å². The molecule has 1 aromatic heterocycles. The third-order valence-corrected chi connectivity index (χ3v) is 4.06. The van der Waals surface area contributed by atoms with Gasteiger partial charge in [0.1, 0.15) is 5.82 Å². The number of rotatable bonds is 2.